The average molecular weight is 377 g/mol. The van der Waals surface area contributed by atoms with Gasteiger partial charge in [-0.2, -0.15) is 0 Å². The molecule has 0 spiro atoms. The van der Waals surface area contributed by atoms with Gasteiger partial charge in [0.25, 0.3) is 0 Å². The molecule has 1 aromatic heterocycles. The van der Waals surface area contributed by atoms with E-state index in [1.54, 1.807) is 11.3 Å². The second kappa shape index (κ2) is 7.11. The van der Waals surface area contributed by atoms with Crippen LogP contribution in [0.25, 0.3) is 0 Å². The van der Waals surface area contributed by atoms with E-state index < -0.39 is 5.60 Å². The lowest BCUT2D eigenvalue weighted by Crippen LogP contribution is -2.51. The molecule has 1 aromatic rings. The molecule has 21 heavy (non-hydrogen) atoms. The summed E-state index contributed by atoms with van der Waals surface area (Å²) in [6, 6.07) is 2.34. The highest BCUT2D eigenvalue weighted by Gasteiger charge is 2.25. The van der Waals surface area contributed by atoms with Gasteiger partial charge < -0.3 is 15.4 Å². The highest BCUT2D eigenvalue weighted by atomic mass is 79.9. The van der Waals surface area contributed by atoms with Crippen molar-refractivity contribution in [3.05, 3.63) is 20.8 Å². The second-order valence-electron chi connectivity index (χ2n) is 6.78. The van der Waals surface area contributed by atoms with E-state index >= 15 is 0 Å². The van der Waals surface area contributed by atoms with Gasteiger partial charge in [0.2, 0.25) is 0 Å². The largest absolute Gasteiger partial charge is 0.444 e. The quantitative estimate of drug-likeness (QED) is 0.796. The highest BCUT2D eigenvalue weighted by molar-refractivity contribution is 9.10. The fraction of sp³-hybridized carbons (Fsp3) is 0.667. The minimum absolute atomic E-state index is 0.237. The van der Waals surface area contributed by atoms with Gasteiger partial charge in [0, 0.05) is 27.3 Å². The van der Waals surface area contributed by atoms with Crippen LogP contribution in [-0.2, 0) is 4.74 Å². The molecule has 0 aliphatic heterocycles. The van der Waals surface area contributed by atoms with Crippen LogP contribution in [0.1, 0.15) is 52.5 Å². The monoisotopic (exact) mass is 376 g/mol. The summed E-state index contributed by atoms with van der Waals surface area (Å²) < 4.78 is 6.39. The Bertz CT molecular complexity index is 480. The van der Waals surface area contributed by atoms with Crippen molar-refractivity contribution in [3.63, 3.8) is 0 Å². The Labute approximate surface area is 139 Å². The molecular weight excluding hydrogens is 352 g/mol. The first-order valence-electron chi connectivity index (χ1n) is 6.97. The fourth-order valence-corrected chi connectivity index (χ4v) is 3.17. The summed E-state index contributed by atoms with van der Waals surface area (Å²) in [5, 5.41) is 8.40. The van der Waals surface area contributed by atoms with E-state index in [-0.39, 0.29) is 17.7 Å². The third kappa shape index (κ3) is 7.29. The molecule has 0 fully saturated rings. The van der Waals surface area contributed by atoms with E-state index in [1.807, 2.05) is 34.6 Å². The number of ether oxygens (including phenoxy) is 1. The molecule has 0 radical (unpaired) electrons. The van der Waals surface area contributed by atoms with Crippen molar-refractivity contribution in [1.29, 1.82) is 0 Å². The molecule has 0 saturated carbocycles. The summed E-state index contributed by atoms with van der Waals surface area (Å²) in [5.74, 6) is 0. The van der Waals surface area contributed by atoms with Crippen LogP contribution in [0.15, 0.2) is 15.9 Å². The van der Waals surface area contributed by atoms with Crippen molar-refractivity contribution in [2.45, 2.75) is 58.7 Å². The van der Waals surface area contributed by atoms with Crippen LogP contribution in [-0.4, -0.2) is 23.8 Å². The van der Waals surface area contributed by atoms with Gasteiger partial charge in [-0.3, -0.25) is 0 Å². The molecule has 0 aromatic carbocycles. The van der Waals surface area contributed by atoms with Crippen LogP contribution in [0.4, 0.5) is 4.79 Å². The molecule has 0 saturated heterocycles. The Morgan fingerprint density at radius 2 is 2.00 bits per heavy atom. The van der Waals surface area contributed by atoms with Crippen molar-refractivity contribution in [2.75, 3.05) is 6.54 Å². The average Bonchev–Trinajstić information content (AvgIpc) is 2.69. The van der Waals surface area contributed by atoms with Crippen molar-refractivity contribution in [3.8, 4) is 0 Å². The molecular formula is C15H25BrN2O2S. The molecule has 1 rings (SSSR count). The lowest BCUT2D eigenvalue weighted by atomic mass is 10.1. The Morgan fingerprint density at radius 3 is 2.48 bits per heavy atom. The van der Waals surface area contributed by atoms with Gasteiger partial charge in [-0.25, -0.2) is 4.79 Å². The number of hydrogen-bond acceptors (Lipinski definition) is 4. The summed E-state index contributed by atoms with van der Waals surface area (Å²) in [6.45, 7) is 12.3. The smallest absolute Gasteiger partial charge is 0.408 e. The third-order valence-corrected chi connectivity index (χ3v) is 4.58. The van der Waals surface area contributed by atoms with E-state index in [0.717, 1.165) is 4.47 Å². The van der Waals surface area contributed by atoms with E-state index in [9.17, 15) is 4.79 Å². The molecule has 0 aliphatic rings. The van der Waals surface area contributed by atoms with E-state index in [1.165, 1.54) is 4.88 Å². The standard InChI is InChI=1S/C15H25BrN2O2S/c1-10(12-7-11(16)8-21-12)17-9-15(5,6)18-13(19)20-14(2,3)4/h7-8,10,17H,9H2,1-6H3,(H,18,19). The molecule has 4 nitrogen and oxygen atoms in total. The van der Waals surface area contributed by atoms with Gasteiger partial charge in [0.05, 0.1) is 5.54 Å². The van der Waals surface area contributed by atoms with Gasteiger partial charge in [-0.15, -0.1) is 11.3 Å². The van der Waals surface area contributed by atoms with Gasteiger partial charge in [0.15, 0.2) is 0 Å². The second-order valence-corrected chi connectivity index (χ2v) is 8.64. The number of halogens is 1. The zero-order chi connectivity index (χ0) is 16.3. The minimum Gasteiger partial charge on any atom is -0.444 e. The predicted octanol–water partition coefficient (Wildman–Crippen LogP) is 4.46. The number of carbonyl (C=O) groups is 1. The summed E-state index contributed by atoms with van der Waals surface area (Å²) in [6.07, 6.45) is -0.388. The van der Waals surface area contributed by atoms with Crippen LogP contribution < -0.4 is 10.6 Å². The van der Waals surface area contributed by atoms with E-state index in [2.05, 4.69) is 44.9 Å². The molecule has 2 N–H and O–H groups in total. The SMILES string of the molecule is CC(NCC(C)(C)NC(=O)OC(C)(C)C)c1cc(Br)cs1. The van der Waals surface area contributed by atoms with E-state index in [0.29, 0.717) is 6.54 Å². The van der Waals surface area contributed by atoms with E-state index in [4.69, 9.17) is 4.74 Å². The molecule has 6 heteroatoms. The van der Waals surface area contributed by atoms with Crippen LogP contribution in [0.5, 0.6) is 0 Å². The number of nitrogens with one attached hydrogen (secondary N) is 2. The first kappa shape index (κ1) is 18.5. The normalized spacial score (nSPS) is 13.9. The molecule has 0 bridgehead atoms. The van der Waals surface area contributed by atoms with Crippen LogP contribution >= 0.6 is 27.3 Å². The molecule has 120 valence electrons. The number of rotatable bonds is 5. The number of amides is 1. The number of hydrogen-bond donors (Lipinski definition) is 2. The lowest BCUT2D eigenvalue weighted by Gasteiger charge is -2.30. The summed E-state index contributed by atoms with van der Waals surface area (Å²) in [4.78, 5) is 13.1. The number of alkyl carbamates (subject to hydrolysis) is 1. The first-order chi connectivity index (χ1) is 9.48. The summed E-state index contributed by atoms with van der Waals surface area (Å²) in [7, 11) is 0. The van der Waals surface area contributed by atoms with Gasteiger partial charge in [0.1, 0.15) is 5.60 Å². The summed E-state index contributed by atoms with van der Waals surface area (Å²) >= 11 is 5.17. The maximum atomic E-state index is 11.8. The Morgan fingerprint density at radius 1 is 1.38 bits per heavy atom. The van der Waals surface area contributed by atoms with Crippen molar-refractivity contribution >= 4 is 33.4 Å². The first-order valence-corrected chi connectivity index (χ1v) is 8.64. The molecule has 1 atom stereocenters. The van der Waals surface area contributed by atoms with Crippen molar-refractivity contribution in [2.24, 2.45) is 0 Å². The summed E-state index contributed by atoms with van der Waals surface area (Å²) in [5.41, 5.74) is -0.866. The minimum atomic E-state index is -0.482. The van der Waals surface area contributed by atoms with Gasteiger partial charge in [-0.05, 0) is 63.5 Å². The topological polar surface area (TPSA) is 50.4 Å². The van der Waals surface area contributed by atoms with Crippen LogP contribution in [0.2, 0.25) is 0 Å². The van der Waals surface area contributed by atoms with Crippen molar-refractivity contribution < 1.29 is 9.53 Å². The molecule has 0 aliphatic carbocycles. The Kier molecular flexibility index (Phi) is 6.25. The third-order valence-electron chi connectivity index (χ3n) is 2.70. The molecule has 1 unspecified atom stereocenters. The molecule has 1 amide bonds. The van der Waals surface area contributed by atoms with Crippen molar-refractivity contribution in [1.82, 2.24) is 10.6 Å². The molecule has 1 heterocycles. The maximum Gasteiger partial charge on any atom is 0.408 e. The van der Waals surface area contributed by atoms with Gasteiger partial charge in [-0.1, -0.05) is 0 Å². The number of thiophene rings is 1. The lowest BCUT2D eigenvalue weighted by molar-refractivity contribution is 0.0471. The van der Waals surface area contributed by atoms with Gasteiger partial charge >= 0.3 is 6.09 Å². The van der Waals surface area contributed by atoms with Crippen LogP contribution in [0.3, 0.4) is 0 Å². The van der Waals surface area contributed by atoms with Crippen LogP contribution in [0, 0.1) is 0 Å². The predicted molar refractivity (Wildman–Crippen MR) is 91.9 cm³/mol. The highest BCUT2D eigenvalue weighted by Crippen LogP contribution is 2.25. The number of carbonyl (C=O) groups excluding carboxylic acids is 1. The Hall–Kier alpha value is -0.590. The zero-order valence-corrected chi connectivity index (χ0v) is 15.9. The fourth-order valence-electron chi connectivity index (χ4n) is 1.69. The maximum absolute atomic E-state index is 11.8. The Balaban J connectivity index is 2.47. The zero-order valence-electron chi connectivity index (χ0n) is 13.5.